The Kier molecular flexibility index (Phi) is 67.0. The van der Waals surface area contributed by atoms with Crippen LogP contribution in [0.25, 0.3) is 0 Å². The predicted octanol–water partition coefficient (Wildman–Crippen LogP) is 15.9. The van der Waals surface area contributed by atoms with Crippen LogP contribution in [0.2, 0.25) is 39.3 Å². The molecule has 1 spiro atoms. The van der Waals surface area contributed by atoms with Crippen molar-refractivity contribution >= 4 is 79.9 Å². The first-order valence-corrected chi connectivity index (χ1v) is 53.3. The predicted molar refractivity (Wildman–Crippen MR) is 466 cm³/mol. The number of terminal acetylenes is 2. The van der Waals surface area contributed by atoms with E-state index in [1.54, 1.807) is 107 Å². The summed E-state index contributed by atoms with van der Waals surface area (Å²) in [6.45, 7) is 99.2. The number of hydrogen-bond acceptors (Lipinski definition) is 22. The average Bonchev–Trinajstić information content (AvgIpc) is 0.776. The highest BCUT2D eigenvalue weighted by Crippen LogP contribution is 2.33. The van der Waals surface area contributed by atoms with Gasteiger partial charge in [-0.05, 0) is 82.6 Å². The highest BCUT2D eigenvalue weighted by atomic mass is 28.5. The molecule has 0 aromatic rings. The Morgan fingerprint density at radius 2 is 0.709 bits per heavy atom. The molecular weight excluding hydrogens is 1540 g/mol. The monoisotopic (exact) mass is 1670 g/mol. The van der Waals surface area contributed by atoms with E-state index in [-0.39, 0.29) is 56.0 Å². The summed E-state index contributed by atoms with van der Waals surface area (Å²) < 4.78 is 110. The standard InChI is InChI=1S/C14H22O4.C12H24O4Si4.C11H16O4.C10H14O4.C9H16O2Si.C9H12O2Si.C8H14OSi.C7H12OSi/c1-5-9-15-13(16-10-6-2)14(17-11-7-3)18-12-8-4;1-9-17(5)13-18(6,10-2)15-20(8,12-4)16-19(7,11-3)14-17;1-3-9-12-5-11(6-13-9)7-14-10(4-2)15-8-11;1-3-13-9(11)7-5-6-8-10(12)14-4-2;2*1-5-8-10-12(4,7-3)11-9-6-2;1-5-9-10(6-2,7-3)8-4;1-5-9(6-2,7-3)8-4/h5-8,13-14H,1-4,9-12H2;9-12H,1-4H2,5-8H3;3-4,9-10H,1-2,5-8H2;3-4H,1-2,5-8H2;5-7H,1-3,8-9H2,4H3;1-2,7H,3,8-9H2,4H3;6-8H,2-5H2,1H3;5-7H,1-3H2,4H3. The summed E-state index contributed by atoms with van der Waals surface area (Å²) in [4.78, 5) is 21.6. The molecule has 0 aliphatic carbocycles. The lowest BCUT2D eigenvalue weighted by Crippen LogP contribution is -2.65. The van der Waals surface area contributed by atoms with Gasteiger partial charge in [0.15, 0.2) is 12.6 Å². The van der Waals surface area contributed by atoms with E-state index in [4.69, 9.17) is 93.8 Å². The molecule has 3 heterocycles. The van der Waals surface area contributed by atoms with Crippen LogP contribution in [0.15, 0.2) is 274 Å². The molecule has 0 amide bonds. The second kappa shape index (κ2) is 65.9. The molecule has 0 N–H and O–H groups in total. The average molecular weight is 1670 g/mol. The zero-order chi connectivity index (χ0) is 85.1. The summed E-state index contributed by atoms with van der Waals surface area (Å²) in [6.07, 6.45) is 25.3. The van der Waals surface area contributed by atoms with Gasteiger partial charge in [0.1, 0.15) is 0 Å². The minimum atomic E-state index is -2.60. The van der Waals surface area contributed by atoms with Gasteiger partial charge in [0.2, 0.25) is 12.6 Å². The van der Waals surface area contributed by atoms with Crippen molar-refractivity contribution in [1.82, 2.24) is 0 Å². The fourth-order valence-electron chi connectivity index (χ4n) is 7.90. The Balaban J connectivity index is -0.000000387. The quantitative estimate of drug-likeness (QED) is 0.0105. The van der Waals surface area contributed by atoms with Crippen molar-refractivity contribution in [2.24, 2.45) is 5.41 Å². The summed E-state index contributed by atoms with van der Waals surface area (Å²) in [5.74, 6) is 4.06. The van der Waals surface area contributed by atoms with E-state index < -0.39 is 80.6 Å². The molecule has 3 rings (SSSR count). The fraction of sp³-hybridized carbons (Fsp3) is 0.375. The van der Waals surface area contributed by atoms with Crippen molar-refractivity contribution in [2.75, 3.05) is 93.0 Å². The second-order valence-electron chi connectivity index (χ2n) is 23.2. The zero-order valence-corrected chi connectivity index (χ0v) is 75.2. The van der Waals surface area contributed by atoms with Gasteiger partial charge >= 0.3 is 63.3 Å². The normalized spacial score (nSPS) is 20.9. The number of carbonyl (C=O) groups excluding carboxylic acids is 2. The van der Waals surface area contributed by atoms with E-state index in [1.807, 2.05) is 63.3 Å². The molecule has 0 unspecified atom stereocenters. The third kappa shape index (κ3) is 51.1. The van der Waals surface area contributed by atoms with E-state index >= 15 is 0 Å². The van der Waals surface area contributed by atoms with E-state index in [0.717, 1.165) is 12.5 Å². The number of carbonyl (C=O) groups is 2. The zero-order valence-electron chi connectivity index (χ0n) is 67.2. The molecule has 0 atom stereocenters. The number of esters is 2. The van der Waals surface area contributed by atoms with Crippen molar-refractivity contribution in [1.29, 1.82) is 0 Å². The van der Waals surface area contributed by atoms with E-state index in [1.165, 1.54) is 0 Å². The van der Waals surface area contributed by atoms with E-state index in [2.05, 4.69) is 166 Å². The van der Waals surface area contributed by atoms with Gasteiger partial charge in [0.05, 0.1) is 97.2 Å². The van der Waals surface area contributed by atoms with E-state index in [0.29, 0.717) is 85.5 Å². The van der Waals surface area contributed by atoms with Crippen LogP contribution in [-0.4, -0.2) is 198 Å². The van der Waals surface area contributed by atoms with Crippen LogP contribution >= 0.6 is 0 Å². The number of ether oxygens (including phenoxy) is 10. The van der Waals surface area contributed by atoms with Gasteiger partial charge in [0.25, 0.3) is 16.6 Å². The molecule has 3 aliphatic rings. The molecule has 0 aromatic heterocycles. The first-order chi connectivity index (χ1) is 52.2. The van der Waals surface area contributed by atoms with Gasteiger partial charge in [-0.15, -0.1) is 131 Å². The maximum absolute atomic E-state index is 10.8. The third-order valence-electron chi connectivity index (χ3n) is 14.1. The molecule has 110 heavy (non-hydrogen) atoms. The van der Waals surface area contributed by atoms with Crippen LogP contribution < -0.4 is 0 Å². The molecule has 0 bridgehead atoms. The van der Waals surface area contributed by atoms with Crippen LogP contribution in [-0.2, 0) is 100.0 Å². The summed E-state index contributed by atoms with van der Waals surface area (Å²) in [5, 5.41) is 0. The Morgan fingerprint density at radius 1 is 0.436 bits per heavy atom. The lowest BCUT2D eigenvalue weighted by Gasteiger charge is -2.46. The van der Waals surface area contributed by atoms with E-state index in [9.17, 15) is 9.59 Å². The van der Waals surface area contributed by atoms with Gasteiger partial charge in [0, 0.05) is 26.6 Å². The SMILES string of the molecule is C#CCO[Si](C)(C=C)OCC#C.C=CC1OCC2(CO1)COC(C=C)OC2.C=CCOC(OCC=C)C(OCC=C)OCC=C.C=CCO[Si](C)(C=C)OCC=C.C=COC(=O)CCCCC(=O)OC=C.C=C[Si](C=C)(C=C)OC.C=C[Si](C=C)(C=C)OCC.C=C[Si]1(C)O[Si](C)(C=C)O[Si](C)(C=C)O[Si](C)(C=C)O1. The first kappa shape index (κ1) is 112. The summed E-state index contributed by atoms with van der Waals surface area (Å²) in [6, 6.07) is 0. The lowest BCUT2D eigenvalue weighted by molar-refractivity contribution is -0.282. The van der Waals surface area contributed by atoms with Crippen LogP contribution in [0.3, 0.4) is 0 Å². The number of rotatable bonds is 47. The highest BCUT2D eigenvalue weighted by Gasteiger charge is 2.54. The van der Waals surface area contributed by atoms with Crippen LogP contribution in [0, 0.1) is 30.1 Å². The minimum Gasteiger partial charge on any atom is -0.435 e. The topological polar surface area (TPSA) is 219 Å². The smallest absolute Gasteiger partial charge is 0.362 e. The fourth-order valence-corrected chi connectivity index (χ4v) is 30.2. The van der Waals surface area contributed by atoms with Crippen LogP contribution in [0.1, 0.15) is 32.6 Å². The summed E-state index contributed by atoms with van der Waals surface area (Å²) in [5.41, 5.74) is 21.0. The van der Waals surface area contributed by atoms with Crippen molar-refractivity contribution in [3.63, 3.8) is 0 Å². The summed E-state index contributed by atoms with van der Waals surface area (Å²) >= 11 is 0. The molecule has 3 fully saturated rings. The maximum Gasteiger partial charge on any atom is 0.362 e. The van der Waals surface area contributed by atoms with Crippen LogP contribution in [0.5, 0.6) is 0 Å². The molecule has 22 nitrogen and oxygen atoms in total. The van der Waals surface area contributed by atoms with Crippen molar-refractivity contribution < 1.29 is 100.0 Å². The Bertz CT molecular complexity index is 2680. The molecular formula is C80H130O22Si8. The van der Waals surface area contributed by atoms with Crippen molar-refractivity contribution in [2.45, 2.75) is 97.0 Å². The van der Waals surface area contributed by atoms with Gasteiger partial charge in [-0.2, -0.15) is 0 Å². The Labute approximate surface area is 670 Å². The first-order valence-electron chi connectivity index (χ1n) is 34.7. The third-order valence-corrected chi connectivity index (χ3v) is 39.8. The van der Waals surface area contributed by atoms with Gasteiger partial charge in [-0.3, -0.25) is 9.59 Å². The number of hydrogen-bond donors (Lipinski definition) is 0. The minimum absolute atomic E-state index is 0.168. The Morgan fingerprint density at radius 3 is 0.891 bits per heavy atom. The molecule has 3 saturated heterocycles. The lowest BCUT2D eigenvalue weighted by atomic mass is 9.91. The van der Waals surface area contributed by atoms with Gasteiger partial charge < -0.3 is 90.4 Å². The summed E-state index contributed by atoms with van der Waals surface area (Å²) in [7, 11) is -17.0. The molecule has 614 valence electrons. The van der Waals surface area contributed by atoms with Gasteiger partial charge in [-0.25, -0.2) is 0 Å². The van der Waals surface area contributed by atoms with Crippen molar-refractivity contribution in [3.05, 3.63) is 274 Å². The highest BCUT2D eigenvalue weighted by molar-refractivity contribution is 6.98. The largest absolute Gasteiger partial charge is 0.435 e. The van der Waals surface area contributed by atoms with Crippen LogP contribution in [0.4, 0.5) is 0 Å². The maximum atomic E-state index is 10.8. The molecule has 0 aromatic carbocycles. The second-order valence-corrected chi connectivity index (χ2v) is 48.8. The molecule has 0 radical (unpaired) electrons. The molecule has 30 heteroatoms. The molecule has 0 saturated carbocycles. The molecule has 3 aliphatic heterocycles. The van der Waals surface area contributed by atoms with Crippen molar-refractivity contribution in [3.8, 4) is 24.7 Å². The van der Waals surface area contributed by atoms with Gasteiger partial charge in [-0.1, -0.05) is 132 Å². The Hall–Kier alpha value is -6.64. The number of unbranched alkanes of at least 4 members (excludes halogenated alkanes) is 1.